The number of ketones is 1. The van der Waals surface area contributed by atoms with E-state index in [1.807, 2.05) is 12.1 Å². The van der Waals surface area contributed by atoms with Crippen molar-refractivity contribution in [3.63, 3.8) is 0 Å². The van der Waals surface area contributed by atoms with Crippen LogP contribution >= 0.6 is 23.4 Å². The highest BCUT2D eigenvalue weighted by atomic mass is 35.5. The van der Waals surface area contributed by atoms with Crippen LogP contribution in [0.1, 0.15) is 24.0 Å². The monoisotopic (exact) mass is 282 g/mol. The Balaban J connectivity index is 1.82. The summed E-state index contributed by atoms with van der Waals surface area (Å²) in [5.41, 5.74) is 2.11. The Kier molecular flexibility index (Phi) is 3.53. The molecule has 2 heterocycles. The van der Waals surface area contributed by atoms with Crippen molar-refractivity contribution in [2.45, 2.75) is 30.9 Å². The predicted molar refractivity (Wildman–Crippen MR) is 74.8 cm³/mol. The summed E-state index contributed by atoms with van der Waals surface area (Å²) in [6.45, 7) is 0.703. The smallest absolute Gasteiger partial charge is 0.150 e. The molecule has 2 nitrogen and oxygen atoms in total. The first-order valence-electron chi connectivity index (χ1n) is 6.32. The number of carbonyl (C=O) groups is 1. The first-order chi connectivity index (χ1) is 8.74. The molecule has 0 amide bonds. The van der Waals surface area contributed by atoms with Gasteiger partial charge < -0.3 is 4.74 Å². The highest BCUT2D eigenvalue weighted by molar-refractivity contribution is 8.00. The second kappa shape index (κ2) is 5.14. The molecule has 0 saturated carbocycles. The SMILES string of the molecule is O=C(Cc1cc(Cl)cc2c1OCC2)C1CCCS1. The molecule has 2 aliphatic heterocycles. The number of ether oxygens (including phenoxy) is 1. The van der Waals surface area contributed by atoms with Crippen molar-refractivity contribution in [2.24, 2.45) is 0 Å². The number of rotatable bonds is 3. The van der Waals surface area contributed by atoms with Gasteiger partial charge in [-0.1, -0.05) is 11.6 Å². The summed E-state index contributed by atoms with van der Waals surface area (Å²) in [6.07, 6.45) is 3.54. The van der Waals surface area contributed by atoms with Gasteiger partial charge in [-0.25, -0.2) is 0 Å². The van der Waals surface area contributed by atoms with Gasteiger partial charge in [0.1, 0.15) is 11.5 Å². The normalized spacial score (nSPS) is 21.7. The van der Waals surface area contributed by atoms with Crippen molar-refractivity contribution < 1.29 is 9.53 Å². The average molecular weight is 283 g/mol. The van der Waals surface area contributed by atoms with Gasteiger partial charge in [0, 0.05) is 23.4 Å². The molecule has 1 atom stereocenters. The zero-order valence-electron chi connectivity index (χ0n) is 10.1. The van der Waals surface area contributed by atoms with Crippen molar-refractivity contribution in [3.05, 3.63) is 28.3 Å². The van der Waals surface area contributed by atoms with Crippen molar-refractivity contribution in [2.75, 3.05) is 12.4 Å². The van der Waals surface area contributed by atoms with E-state index in [-0.39, 0.29) is 5.25 Å². The van der Waals surface area contributed by atoms with Crippen LogP contribution < -0.4 is 4.74 Å². The Morgan fingerprint density at radius 2 is 2.39 bits per heavy atom. The minimum Gasteiger partial charge on any atom is -0.493 e. The topological polar surface area (TPSA) is 26.3 Å². The highest BCUT2D eigenvalue weighted by Crippen LogP contribution is 2.35. The van der Waals surface area contributed by atoms with E-state index in [1.54, 1.807) is 11.8 Å². The number of benzene rings is 1. The molecule has 2 aliphatic rings. The van der Waals surface area contributed by atoms with Crippen LogP contribution in [0.25, 0.3) is 0 Å². The number of carbonyl (C=O) groups excluding carboxylic acids is 1. The van der Waals surface area contributed by atoms with Crippen LogP contribution in [0.5, 0.6) is 5.75 Å². The minimum absolute atomic E-state index is 0.182. The van der Waals surface area contributed by atoms with E-state index in [0.29, 0.717) is 23.8 Å². The second-order valence-corrected chi connectivity index (χ2v) is 6.54. The largest absolute Gasteiger partial charge is 0.493 e. The van der Waals surface area contributed by atoms with Crippen LogP contribution in [0.15, 0.2) is 12.1 Å². The van der Waals surface area contributed by atoms with E-state index in [2.05, 4.69) is 0 Å². The molecule has 4 heteroatoms. The Morgan fingerprint density at radius 1 is 1.50 bits per heavy atom. The molecule has 1 fully saturated rings. The van der Waals surface area contributed by atoms with Crippen LogP contribution in [-0.2, 0) is 17.6 Å². The van der Waals surface area contributed by atoms with E-state index < -0.39 is 0 Å². The number of thioether (sulfide) groups is 1. The summed E-state index contributed by atoms with van der Waals surface area (Å²) in [5, 5.41) is 0.891. The second-order valence-electron chi connectivity index (χ2n) is 4.80. The third-order valence-corrected chi connectivity index (χ3v) is 5.12. The van der Waals surface area contributed by atoms with Crippen molar-refractivity contribution in [3.8, 4) is 5.75 Å². The molecule has 1 aromatic carbocycles. The van der Waals surface area contributed by atoms with Crippen LogP contribution in [0, 0.1) is 0 Å². The number of fused-ring (bicyclic) bond motifs is 1. The molecule has 0 bridgehead atoms. The third kappa shape index (κ3) is 2.39. The lowest BCUT2D eigenvalue weighted by atomic mass is 10.0. The fourth-order valence-electron chi connectivity index (χ4n) is 2.61. The van der Waals surface area contributed by atoms with Crippen LogP contribution in [-0.4, -0.2) is 23.4 Å². The predicted octanol–water partition coefficient (Wildman–Crippen LogP) is 3.28. The lowest BCUT2D eigenvalue weighted by molar-refractivity contribution is -0.117. The number of Topliss-reactive ketones (excluding diaryl/α,β-unsaturated/α-hetero) is 1. The summed E-state index contributed by atoms with van der Waals surface area (Å²) >= 11 is 7.88. The molecule has 0 radical (unpaired) electrons. The minimum atomic E-state index is 0.182. The summed E-state index contributed by atoms with van der Waals surface area (Å²) in [5.74, 6) is 2.33. The fourth-order valence-corrected chi connectivity index (χ4v) is 4.09. The number of hydrogen-bond donors (Lipinski definition) is 0. The van der Waals surface area contributed by atoms with E-state index in [0.717, 1.165) is 41.9 Å². The standard InChI is InChI=1S/C14H15ClO2S/c15-11-6-9-3-4-17-14(9)10(7-11)8-12(16)13-2-1-5-18-13/h6-7,13H,1-5,8H2. The maximum atomic E-state index is 12.2. The molecule has 18 heavy (non-hydrogen) atoms. The first-order valence-corrected chi connectivity index (χ1v) is 7.75. The summed E-state index contributed by atoms with van der Waals surface area (Å²) in [4.78, 5) is 12.2. The summed E-state index contributed by atoms with van der Waals surface area (Å²) in [7, 11) is 0. The maximum absolute atomic E-state index is 12.2. The molecule has 0 aliphatic carbocycles. The van der Waals surface area contributed by atoms with E-state index in [9.17, 15) is 4.79 Å². The molecular weight excluding hydrogens is 268 g/mol. The van der Waals surface area contributed by atoms with Crippen LogP contribution in [0.2, 0.25) is 5.02 Å². The van der Waals surface area contributed by atoms with Crippen molar-refractivity contribution in [1.29, 1.82) is 0 Å². The van der Waals surface area contributed by atoms with Crippen molar-refractivity contribution >= 4 is 29.1 Å². The third-order valence-electron chi connectivity index (χ3n) is 3.48. The van der Waals surface area contributed by atoms with E-state index in [1.165, 1.54) is 0 Å². The zero-order chi connectivity index (χ0) is 12.5. The summed E-state index contributed by atoms with van der Waals surface area (Å²) < 4.78 is 5.63. The maximum Gasteiger partial charge on any atom is 0.150 e. The van der Waals surface area contributed by atoms with Crippen molar-refractivity contribution in [1.82, 2.24) is 0 Å². The van der Waals surface area contributed by atoms with Gasteiger partial charge in [-0.15, -0.1) is 0 Å². The Morgan fingerprint density at radius 3 is 3.17 bits per heavy atom. The molecule has 0 aromatic heterocycles. The Labute approximate surface area is 116 Å². The Bertz CT molecular complexity index is 481. The molecule has 96 valence electrons. The molecular formula is C14H15ClO2S. The quantitative estimate of drug-likeness (QED) is 0.851. The van der Waals surface area contributed by atoms with Gasteiger partial charge in [0.2, 0.25) is 0 Å². The highest BCUT2D eigenvalue weighted by Gasteiger charge is 2.26. The van der Waals surface area contributed by atoms with Gasteiger partial charge in [0.15, 0.2) is 0 Å². The van der Waals surface area contributed by atoms with Crippen LogP contribution in [0.3, 0.4) is 0 Å². The fraction of sp³-hybridized carbons (Fsp3) is 0.500. The lowest BCUT2D eigenvalue weighted by Crippen LogP contribution is -2.16. The van der Waals surface area contributed by atoms with Gasteiger partial charge in [0.25, 0.3) is 0 Å². The molecule has 1 aromatic rings. The van der Waals surface area contributed by atoms with Gasteiger partial charge in [-0.2, -0.15) is 11.8 Å². The van der Waals surface area contributed by atoms with E-state index in [4.69, 9.17) is 16.3 Å². The number of halogens is 1. The summed E-state index contributed by atoms with van der Waals surface area (Å²) in [6, 6.07) is 3.82. The first kappa shape index (κ1) is 12.4. The number of hydrogen-bond acceptors (Lipinski definition) is 3. The Hall–Kier alpha value is -0.670. The molecule has 1 saturated heterocycles. The van der Waals surface area contributed by atoms with Gasteiger partial charge in [0.05, 0.1) is 11.9 Å². The zero-order valence-corrected chi connectivity index (χ0v) is 11.6. The lowest BCUT2D eigenvalue weighted by Gasteiger charge is -2.11. The average Bonchev–Trinajstić information content (AvgIpc) is 2.98. The van der Waals surface area contributed by atoms with Gasteiger partial charge in [-0.05, 0) is 36.3 Å². The van der Waals surface area contributed by atoms with Gasteiger partial charge in [-0.3, -0.25) is 4.79 Å². The molecule has 1 unspecified atom stereocenters. The van der Waals surface area contributed by atoms with Crippen LogP contribution in [0.4, 0.5) is 0 Å². The molecule has 0 N–H and O–H groups in total. The molecule has 3 rings (SSSR count). The van der Waals surface area contributed by atoms with Gasteiger partial charge >= 0.3 is 0 Å². The molecule has 0 spiro atoms. The van der Waals surface area contributed by atoms with E-state index >= 15 is 0 Å².